The van der Waals surface area contributed by atoms with Crippen molar-refractivity contribution in [2.45, 2.75) is 6.42 Å². The summed E-state index contributed by atoms with van der Waals surface area (Å²) in [5.41, 5.74) is 0.470. The lowest BCUT2D eigenvalue weighted by molar-refractivity contribution is -0.117. The number of carbonyl (C=O) groups is 1. The highest BCUT2D eigenvalue weighted by Gasteiger charge is 2.13. The van der Waals surface area contributed by atoms with Crippen molar-refractivity contribution in [3.05, 3.63) is 28.5 Å². The quantitative estimate of drug-likeness (QED) is 0.889. The summed E-state index contributed by atoms with van der Waals surface area (Å²) in [6.45, 7) is 4.00. The van der Waals surface area contributed by atoms with Crippen molar-refractivity contribution in [3.8, 4) is 0 Å². The molecule has 0 aromatic heterocycles. The number of hydrogen-bond donors (Lipinski definition) is 2. The van der Waals surface area contributed by atoms with Crippen LogP contribution in [0.4, 0.5) is 10.1 Å². The normalized spacial score (nSPS) is 16.9. The first-order valence-corrected chi connectivity index (χ1v) is 7.12. The first kappa shape index (κ1) is 14.4. The van der Waals surface area contributed by atoms with Gasteiger partial charge in [0.1, 0.15) is 5.82 Å². The Bertz CT molecular complexity index is 448. The van der Waals surface area contributed by atoms with E-state index in [0.717, 1.165) is 32.6 Å². The minimum Gasteiger partial charge on any atom is -0.324 e. The van der Waals surface area contributed by atoms with Crippen molar-refractivity contribution >= 4 is 27.5 Å². The topological polar surface area (TPSA) is 44.4 Å². The molecule has 1 aromatic carbocycles. The van der Waals surface area contributed by atoms with E-state index < -0.39 is 0 Å². The Morgan fingerprint density at radius 2 is 2.26 bits per heavy atom. The largest absolute Gasteiger partial charge is 0.324 e. The molecule has 6 heteroatoms. The van der Waals surface area contributed by atoms with Crippen LogP contribution in [0.2, 0.25) is 0 Å². The maximum atomic E-state index is 13.1. The molecule has 2 N–H and O–H groups in total. The van der Waals surface area contributed by atoms with Gasteiger partial charge < -0.3 is 10.6 Å². The third-order valence-electron chi connectivity index (χ3n) is 3.00. The summed E-state index contributed by atoms with van der Waals surface area (Å²) in [4.78, 5) is 14.0. The second kappa shape index (κ2) is 6.98. The number of amides is 1. The number of rotatable bonds is 3. The van der Waals surface area contributed by atoms with E-state index in [4.69, 9.17) is 0 Å². The average Bonchev–Trinajstić information content (AvgIpc) is 2.62. The highest BCUT2D eigenvalue weighted by molar-refractivity contribution is 9.10. The van der Waals surface area contributed by atoms with Gasteiger partial charge in [0.15, 0.2) is 0 Å². The summed E-state index contributed by atoms with van der Waals surface area (Å²) in [6, 6.07) is 4.24. The van der Waals surface area contributed by atoms with Gasteiger partial charge in [0.05, 0.1) is 12.2 Å². The summed E-state index contributed by atoms with van der Waals surface area (Å²) in [7, 11) is 0. The highest BCUT2D eigenvalue weighted by Crippen LogP contribution is 2.22. The molecule has 0 aliphatic carbocycles. The minimum absolute atomic E-state index is 0.117. The Hall–Kier alpha value is -0.980. The van der Waals surface area contributed by atoms with Gasteiger partial charge in [-0.3, -0.25) is 9.69 Å². The van der Waals surface area contributed by atoms with Crippen LogP contribution in [0, 0.1) is 5.82 Å². The van der Waals surface area contributed by atoms with Gasteiger partial charge in [0.2, 0.25) is 5.91 Å². The van der Waals surface area contributed by atoms with Gasteiger partial charge in [-0.1, -0.05) is 0 Å². The molecule has 0 spiro atoms. The molecule has 104 valence electrons. The molecule has 1 amide bonds. The molecule has 1 saturated heterocycles. The Kier molecular flexibility index (Phi) is 5.30. The number of benzene rings is 1. The van der Waals surface area contributed by atoms with E-state index in [1.54, 1.807) is 6.07 Å². The van der Waals surface area contributed by atoms with Gasteiger partial charge in [-0.25, -0.2) is 4.39 Å². The van der Waals surface area contributed by atoms with Gasteiger partial charge >= 0.3 is 0 Å². The van der Waals surface area contributed by atoms with Gasteiger partial charge in [0, 0.05) is 17.6 Å². The molecule has 1 heterocycles. The van der Waals surface area contributed by atoms with Crippen molar-refractivity contribution in [1.29, 1.82) is 0 Å². The monoisotopic (exact) mass is 329 g/mol. The first-order chi connectivity index (χ1) is 9.15. The van der Waals surface area contributed by atoms with Crippen LogP contribution < -0.4 is 10.6 Å². The number of hydrogen-bond acceptors (Lipinski definition) is 3. The van der Waals surface area contributed by atoms with E-state index in [0.29, 0.717) is 16.7 Å². The molecule has 1 fully saturated rings. The minimum atomic E-state index is -0.363. The van der Waals surface area contributed by atoms with Crippen LogP contribution in [-0.4, -0.2) is 43.5 Å². The summed E-state index contributed by atoms with van der Waals surface area (Å²) in [5, 5.41) is 6.02. The predicted octanol–water partition coefficient (Wildman–Crippen LogP) is 1.82. The molecule has 2 rings (SSSR count). The molecule has 0 atom stereocenters. The fourth-order valence-electron chi connectivity index (χ4n) is 2.05. The molecule has 0 unspecified atom stereocenters. The Morgan fingerprint density at radius 1 is 1.42 bits per heavy atom. The van der Waals surface area contributed by atoms with Gasteiger partial charge in [-0.05, 0) is 53.6 Å². The Labute approximate surface area is 120 Å². The predicted molar refractivity (Wildman–Crippen MR) is 76.7 cm³/mol. The van der Waals surface area contributed by atoms with Gasteiger partial charge in [-0.15, -0.1) is 0 Å². The second-order valence-electron chi connectivity index (χ2n) is 4.55. The van der Waals surface area contributed by atoms with E-state index in [9.17, 15) is 9.18 Å². The molecule has 0 bridgehead atoms. The summed E-state index contributed by atoms with van der Waals surface area (Å²) < 4.78 is 13.8. The number of nitrogens with one attached hydrogen (secondary N) is 2. The van der Waals surface area contributed by atoms with E-state index in [1.807, 2.05) is 0 Å². The summed E-state index contributed by atoms with van der Waals surface area (Å²) in [5.74, 6) is -0.481. The third kappa shape index (κ3) is 4.56. The molecule has 0 radical (unpaired) electrons. The second-order valence-corrected chi connectivity index (χ2v) is 5.41. The summed E-state index contributed by atoms with van der Waals surface area (Å²) >= 11 is 3.29. The number of nitrogens with zero attached hydrogens (tertiary/aromatic N) is 1. The fraction of sp³-hybridized carbons (Fsp3) is 0.462. The van der Waals surface area contributed by atoms with Gasteiger partial charge in [0.25, 0.3) is 0 Å². The standard InChI is InChI=1S/C13H17BrFN3O/c14-11-3-2-10(15)8-12(11)17-13(19)9-18-6-1-4-16-5-7-18/h2-3,8,16H,1,4-7,9H2,(H,17,19). The maximum Gasteiger partial charge on any atom is 0.238 e. The fourth-order valence-corrected chi connectivity index (χ4v) is 2.39. The first-order valence-electron chi connectivity index (χ1n) is 6.33. The Morgan fingerprint density at radius 3 is 3.11 bits per heavy atom. The lowest BCUT2D eigenvalue weighted by Gasteiger charge is -2.18. The summed E-state index contributed by atoms with van der Waals surface area (Å²) in [6.07, 6.45) is 1.04. The molecule has 0 saturated carbocycles. The van der Waals surface area contributed by atoms with Crippen molar-refractivity contribution in [3.63, 3.8) is 0 Å². The lowest BCUT2D eigenvalue weighted by atomic mass is 10.3. The zero-order valence-electron chi connectivity index (χ0n) is 10.6. The lowest BCUT2D eigenvalue weighted by Crippen LogP contribution is -2.35. The number of halogens is 2. The highest BCUT2D eigenvalue weighted by atomic mass is 79.9. The average molecular weight is 330 g/mol. The molecule has 4 nitrogen and oxygen atoms in total. The van der Waals surface area contributed by atoms with Crippen LogP contribution in [0.1, 0.15) is 6.42 Å². The van der Waals surface area contributed by atoms with Crippen LogP contribution in [-0.2, 0) is 4.79 Å². The zero-order valence-corrected chi connectivity index (χ0v) is 12.2. The Balaban J connectivity index is 1.91. The van der Waals surface area contributed by atoms with E-state index >= 15 is 0 Å². The van der Waals surface area contributed by atoms with Crippen LogP contribution in [0.15, 0.2) is 22.7 Å². The van der Waals surface area contributed by atoms with Crippen LogP contribution in [0.25, 0.3) is 0 Å². The van der Waals surface area contributed by atoms with Gasteiger partial charge in [-0.2, -0.15) is 0 Å². The zero-order chi connectivity index (χ0) is 13.7. The number of anilines is 1. The number of carbonyl (C=O) groups excluding carboxylic acids is 1. The van der Waals surface area contributed by atoms with Crippen molar-refractivity contribution < 1.29 is 9.18 Å². The van der Waals surface area contributed by atoms with Crippen LogP contribution >= 0.6 is 15.9 Å². The third-order valence-corrected chi connectivity index (χ3v) is 3.69. The van der Waals surface area contributed by atoms with Crippen LogP contribution in [0.5, 0.6) is 0 Å². The van der Waals surface area contributed by atoms with Crippen molar-refractivity contribution in [2.75, 3.05) is 38.0 Å². The molecular weight excluding hydrogens is 313 g/mol. The van der Waals surface area contributed by atoms with E-state index in [-0.39, 0.29) is 11.7 Å². The van der Waals surface area contributed by atoms with E-state index in [2.05, 4.69) is 31.5 Å². The van der Waals surface area contributed by atoms with Crippen molar-refractivity contribution in [1.82, 2.24) is 10.2 Å². The van der Waals surface area contributed by atoms with E-state index in [1.165, 1.54) is 12.1 Å². The molecule has 1 aliphatic rings. The molecule has 1 aliphatic heterocycles. The van der Waals surface area contributed by atoms with Crippen molar-refractivity contribution in [2.24, 2.45) is 0 Å². The van der Waals surface area contributed by atoms with Crippen LogP contribution in [0.3, 0.4) is 0 Å². The molecule has 1 aromatic rings. The molecular formula is C13H17BrFN3O. The molecule has 19 heavy (non-hydrogen) atoms. The maximum absolute atomic E-state index is 13.1. The SMILES string of the molecule is O=C(CN1CCCNCC1)Nc1cc(F)ccc1Br. The smallest absolute Gasteiger partial charge is 0.238 e.